The second kappa shape index (κ2) is 6.10. The van der Waals surface area contributed by atoms with Crippen LogP contribution in [-0.4, -0.2) is 27.0 Å². The van der Waals surface area contributed by atoms with Gasteiger partial charge in [0.15, 0.2) is 0 Å². The molecule has 0 bridgehead atoms. The van der Waals surface area contributed by atoms with Gasteiger partial charge in [-0.2, -0.15) is 11.8 Å². The third kappa shape index (κ3) is 3.87. The maximum absolute atomic E-state index is 10.8. The number of rotatable bonds is 7. The van der Waals surface area contributed by atoms with E-state index in [4.69, 9.17) is 9.52 Å². The first-order valence-electron chi connectivity index (χ1n) is 6.44. The number of nitrogens with zero attached hydrogens (tertiary/aromatic N) is 2. The molecule has 0 spiro atoms. The van der Waals surface area contributed by atoms with E-state index in [0.29, 0.717) is 17.5 Å². The lowest BCUT2D eigenvalue weighted by atomic mass is 10.1. The first-order chi connectivity index (χ1) is 10.1. The van der Waals surface area contributed by atoms with Crippen molar-refractivity contribution in [1.82, 2.24) is 10.2 Å². The van der Waals surface area contributed by atoms with Crippen LogP contribution in [0.2, 0.25) is 0 Å². The SMILES string of the molecule is O=C(O)CC1(CSCc2nnc(-c3ccc(Br)s3)o2)CC1. The summed E-state index contributed by atoms with van der Waals surface area (Å²) >= 11 is 6.62. The van der Waals surface area contributed by atoms with Gasteiger partial charge in [-0.25, -0.2) is 0 Å². The Morgan fingerprint density at radius 1 is 1.48 bits per heavy atom. The highest BCUT2D eigenvalue weighted by Crippen LogP contribution is 2.51. The van der Waals surface area contributed by atoms with Gasteiger partial charge in [0.1, 0.15) is 0 Å². The molecule has 2 aromatic rings. The number of hydrogen-bond donors (Lipinski definition) is 1. The number of halogens is 1. The van der Waals surface area contributed by atoms with Crippen LogP contribution in [-0.2, 0) is 10.5 Å². The first-order valence-corrected chi connectivity index (χ1v) is 9.20. The Morgan fingerprint density at radius 2 is 2.29 bits per heavy atom. The highest BCUT2D eigenvalue weighted by atomic mass is 79.9. The lowest BCUT2D eigenvalue weighted by Gasteiger charge is -2.10. The molecule has 1 N–H and O–H groups in total. The molecule has 0 radical (unpaired) electrons. The smallest absolute Gasteiger partial charge is 0.303 e. The average molecular weight is 389 g/mol. The lowest BCUT2D eigenvalue weighted by Crippen LogP contribution is -2.11. The van der Waals surface area contributed by atoms with E-state index in [1.165, 1.54) is 0 Å². The van der Waals surface area contributed by atoms with Crippen LogP contribution >= 0.6 is 39.0 Å². The molecule has 2 heterocycles. The quantitative estimate of drug-likeness (QED) is 0.770. The Morgan fingerprint density at radius 3 is 2.90 bits per heavy atom. The first kappa shape index (κ1) is 15.1. The lowest BCUT2D eigenvalue weighted by molar-refractivity contribution is -0.138. The fraction of sp³-hybridized carbons (Fsp3) is 0.462. The zero-order valence-corrected chi connectivity index (χ0v) is 14.3. The van der Waals surface area contributed by atoms with Gasteiger partial charge in [0.2, 0.25) is 5.89 Å². The van der Waals surface area contributed by atoms with Crippen LogP contribution in [0.25, 0.3) is 10.8 Å². The number of aliphatic carboxylic acids is 1. The van der Waals surface area contributed by atoms with Gasteiger partial charge >= 0.3 is 5.97 Å². The topological polar surface area (TPSA) is 76.2 Å². The van der Waals surface area contributed by atoms with E-state index in [1.54, 1.807) is 23.1 Å². The van der Waals surface area contributed by atoms with E-state index >= 15 is 0 Å². The molecular formula is C13H13BrN2O3S2. The minimum atomic E-state index is -0.712. The Labute approximate surface area is 138 Å². The van der Waals surface area contributed by atoms with Crippen molar-refractivity contribution in [3.05, 3.63) is 21.8 Å². The molecule has 1 saturated carbocycles. The van der Waals surface area contributed by atoms with Crippen molar-refractivity contribution in [2.75, 3.05) is 5.75 Å². The molecular weight excluding hydrogens is 376 g/mol. The fourth-order valence-corrected chi connectivity index (χ4v) is 4.59. The Balaban J connectivity index is 1.53. The van der Waals surface area contributed by atoms with Crippen molar-refractivity contribution in [2.24, 2.45) is 5.41 Å². The third-order valence-corrected chi connectivity index (χ3v) is 6.25. The molecule has 0 atom stereocenters. The van der Waals surface area contributed by atoms with Crippen molar-refractivity contribution in [2.45, 2.75) is 25.0 Å². The second-order valence-corrected chi connectivity index (χ2v) is 8.62. The van der Waals surface area contributed by atoms with E-state index in [9.17, 15) is 4.79 Å². The molecule has 0 aliphatic heterocycles. The van der Waals surface area contributed by atoms with Crippen LogP contribution in [0.3, 0.4) is 0 Å². The predicted molar refractivity (Wildman–Crippen MR) is 85.4 cm³/mol. The number of thioether (sulfide) groups is 1. The molecule has 0 saturated heterocycles. The van der Waals surface area contributed by atoms with E-state index in [1.807, 2.05) is 12.1 Å². The van der Waals surface area contributed by atoms with Crippen molar-refractivity contribution in [3.8, 4) is 10.8 Å². The fourth-order valence-electron chi connectivity index (χ4n) is 2.07. The van der Waals surface area contributed by atoms with Crippen molar-refractivity contribution in [3.63, 3.8) is 0 Å². The summed E-state index contributed by atoms with van der Waals surface area (Å²) < 4.78 is 6.65. The Kier molecular flexibility index (Phi) is 4.37. The van der Waals surface area contributed by atoms with Crippen molar-refractivity contribution >= 4 is 45.0 Å². The second-order valence-electron chi connectivity index (χ2n) is 5.17. The van der Waals surface area contributed by atoms with E-state index in [0.717, 1.165) is 27.3 Å². The molecule has 0 amide bonds. The highest BCUT2D eigenvalue weighted by molar-refractivity contribution is 9.11. The minimum Gasteiger partial charge on any atom is -0.481 e. The number of hydrogen-bond acceptors (Lipinski definition) is 6. The number of carboxylic acid groups (broad SMARTS) is 1. The zero-order chi connectivity index (χ0) is 14.9. The van der Waals surface area contributed by atoms with Crippen molar-refractivity contribution in [1.29, 1.82) is 0 Å². The monoisotopic (exact) mass is 388 g/mol. The van der Waals surface area contributed by atoms with Crippen LogP contribution in [0.1, 0.15) is 25.2 Å². The molecule has 21 heavy (non-hydrogen) atoms. The van der Waals surface area contributed by atoms with E-state index in [2.05, 4.69) is 26.1 Å². The van der Waals surface area contributed by atoms with Gasteiger partial charge in [0.05, 0.1) is 20.8 Å². The maximum atomic E-state index is 10.8. The molecule has 1 aliphatic rings. The van der Waals surface area contributed by atoms with Crippen LogP contribution in [0.4, 0.5) is 0 Å². The predicted octanol–water partition coefficient (Wildman–Crippen LogP) is 4.05. The van der Waals surface area contributed by atoms with Crippen LogP contribution in [0, 0.1) is 5.41 Å². The molecule has 8 heteroatoms. The summed E-state index contributed by atoms with van der Waals surface area (Å²) in [7, 11) is 0. The number of carboxylic acids is 1. The zero-order valence-electron chi connectivity index (χ0n) is 11.0. The number of carbonyl (C=O) groups is 1. The van der Waals surface area contributed by atoms with Gasteiger partial charge < -0.3 is 9.52 Å². The average Bonchev–Trinajstić information content (AvgIpc) is 2.86. The third-order valence-electron chi connectivity index (χ3n) is 3.37. The van der Waals surface area contributed by atoms with Gasteiger partial charge in [0.25, 0.3) is 5.89 Å². The molecule has 1 fully saturated rings. The summed E-state index contributed by atoms with van der Waals surface area (Å²) in [6, 6.07) is 3.88. The van der Waals surface area contributed by atoms with E-state index < -0.39 is 5.97 Å². The van der Waals surface area contributed by atoms with Gasteiger partial charge in [-0.15, -0.1) is 21.5 Å². The van der Waals surface area contributed by atoms with Crippen LogP contribution in [0.5, 0.6) is 0 Å². The maximum Gasteiger partial charge on any atom is 0.303 e. The minimum absolute atomic E-state index is 0.00202. The standard InChI is InChI=1S/C13H13BrN2O3S2/c14-9-2-1-8(21-9)12-16-15-10(19-12)6-20-7-13(3-4-13)5-11(17)18/h1-2H,3-7H2,(H,17,18). The summed E-state index contributed by atoms with van der Waals surface area (Å²) in [6.07, 6.45) is 2.27. The number of thiophene rings is 1. The molecule has 0 unspecified atom stereocenters. The molecule has 5 nitrogen and oxygen atoms in total. The van der Waals surface area contributed by atoms with Gasteiger partial charge in [-0.1, -0.05) is 0 Å². The van der Waals surface area contributed by atoms with Gasteiger partial charge in [0, 0.05) is 0 Å². The summed E-state index contributed by atoms with van der Waals surface area (Å²) in [5.41, 5.74) is -0.00202. The Hall–Kier alpha value is -0.860. The highest BCUT2D eigenvalue weighted by Gasteiger charge is 2.44. The summed E-state index contributed by atoms with van der Waals surface area (Å²) in [5, 5.41) is 17.0. The molecule has 1 aliphatic carbocycles. The van der Waals surface area contributed by atoms with Crippen molar-refractivity contribution < 1.29 is 14.3 Å². The largest absolute Gasteiger partial charge is 0.481 e. The molecule has 0 aromatic carbocycles. The van der Waals surface area contributed by atoms with Crippen LogP contribution in [0.15, 0.2) is 20.3 Å². The van der Waals surface area contributed by atoms with E-state index in [-0.39, 0.29) is 11.8 Å². The van der Waals surface area contributed by atoms with Crippen LogP contribution < -0.4 is 0 Å². The molecule has 2 aromatic heterocycles. The number of aromatic nitrogens is 2. The Bertz CT molecular complexity index is 651. The summed E-state index contributed by atoms with van der Waals surface area (Å²) in [6.45, 7) is 0. The molecule has 3 rings (SSSR count). The summed E-state index contributed by atoms with van der Waals surface area (Å²) in [5.74, 6) is 1.87. The summed E-state index contributed by atoms with van der Waals surface area (Å²) in [4.78, 5) is 11.7. The normalized spacial score (nSPS) is 16.0. The molecule has 112 valence electrons. The van der Waals surface area contributed by atoms with Gasteiger partial charge in [-0.05, 0) is 52.1 Å². The van der Waals surface area contributed by atoms with Gasteiger partial charge in [-0.3, -0.25) is 4.79 Å².